The Labute approximate surface area is 368 Å². The average Bonchev–Trinajstić information content (AvgIpc) is 3.59. The second-order valence-electron chi connectivity index (χ2n) is 16.0. The molecular formula is C55H46N4OPt. The summed E-state index contributed by atoms with van der Waals surface area (Å²) in [5.74, 6) is 2.53. The first kappa shape index (κ1) is 38.6. The van der Waals surface area contributed by atoms with E-state index in [1.165, 1.54) is 66.9 Å². The molecule has 6 heteroatoms. The van der Waals surface area contributed by atoms with Gasteiger partial charge in [0.2, 0.25) is 0 Å². The standard InChI is InChI=1S/C55H46N4O.Pt/c1-37-29-30-56-52(32-37)57-31-17-26-47-48(41-18-8-5-9-19-41)34-46(35-51(47)57)60-45-25-16-24-44(33-45)58-36-59(50-28-15-14-27-49(50)58)55-53(42-20-10-6-11-21-42)39(3)38(2)40(4)54(55)43-22-12-7-13-23-43;/h5-16,18-25,27-30,32-35H,17,26,31H2,1-4H3;. The maximum absolute atomic E-state index is 6.95. The fourth-order valence-corrected chi connectivity index (χ4v) is 10.3. The number of ether oxygens (including phenoxy) is 1. The van der Waals surface area contributed by atoms with Crippen molar-refractivity contribution in [1.82, 2.24) is 14.1 Å². The van der Waals surface area contributed by atoms with Crippen LogP contribution in [0.2, 0.25) is 0 Å². The zero-order chi connectivity index (χ0) is 41.6. The zero-order valence-corrected chi connectivity index (χ0v) is 37.1. The van der Waals surface area contributed by atoms with E-state index in [2.05, 4.69) is 225 Å². The van der Waals surface area contributed by atoms with Gasteiger partial charge in [-0.3, -0.25) is 0 Å². The van der Waals surface area contributed by atoms with Gasteiger partial charge in [-0.25, -0.2) is 0 Å². The van der Waals surface area contributed by atoms with Crippen molar-refractivity contribution < 1.29 is 24.1 Å². The number of aryl methyl sites for hydroxylation is 1. The minimum atomic E-state index is 0.768. The Balaban J connectivity index is 1.15. The molecule has 1 aliphatic heterocycles. The van der Waals surface area contributed by atoms with Crippen molar-refractivity contribution in [3.63, 3.8) is 0 Å². The number of pyridine rings is 1. The van der Waals surface area contributed by atoms with E-state index in [0.717, 1.165) is 62.9 Å². The maximum atomic E-state index is 6.95. The number of rotatable bonds is 8. The summed E-state index contributed by atoms with van der Waals surface area (Å²) in [7, 11) is 0. The van der Waals surface area contributed by atoms with Crippen LogP contribution in [0.25, 0.3) is 55.8 Å². The molecule has 2 aromatic heterocycles. The molecule has 0 atom stereocenters. The first-order chi connectivity index (χ1) is 29.9. The molecule has 302 valence electrons. The third kappa shape index (κ3) is 6.97. The second-order valence-corrected chi connectivity index (χ2v) is 17.0. The van der Waals surface area contributed by atoms with Gasteiger partial charge in [-0.15, -0.1) is 0 Å². The number of para-hydroxylation sites is 2. The van der Waals surface area contributed by atoms with Crippen LogP contribution in [0.1, 0.15) is 34.2 Å². The van der Waals surface area contributed by atoms with Crippen LogP contribution in [-0.4, -0.2) is 20.7 Å². The van der Waals surface area contributed by atoms with E-state index >= 15 is 0 Å². The molecule has 0 bridgehead atoms. The summed E-state index contributed by atoms with van der Waals surface area (Å²) < 4.78 is 12.9. The summed E-state index contributed by atoms with van der Waals surface area (Å²) in [6.45, 7) is 9.84. The quantitative estimate of drug-likeness (QED) is 0.152. The van der Waals surface area contributed by atoms with Gasteiger partial charge in [-0.05, 0) is 18.6 Å². The van der Waals surface area contributed by atoms with Crippen LogP contribution in [0.4, 0.5) is 11.5 Å². The molecule has 0 unspecified atom stereocenters. The molecule has 0 fully saturated rings. The number of hydrogen-bond donors (Lipinski definition) is 0. The summed E-state index contributed by atoms with van der Waals surface area (Å²) in [6.07, 6.45) is 3.95. The van der Waals surface area contributed by atoms with Gasteiger partial charge in [0.25, 0.3) is 0 Å². The number of imidazole rings is 1. The molecule has 0 N–H and O–H groups in total. The van der Waals surface area contributed by atoms with Crippen molar-refractivity contribution in [2.45, 2.75) is 40.5 Å². The third-order valence-electron chi connectivity index (χ3n) is 12.3. The summed E-state index contributed by atoms with van der Waals surface area (Å²) in [6, 6.07) is 58.3. The van der Waals surface area contributed by atoms with E-state index in [4.69, 9.17) is 9.72 Å². The first-order valence-electron chi connectivity index (χ1n) is 21.0. The number of aromatic nitrogens is 3. The molecule has 3 heterocycles. The molecule has 0 saturated carbocycles. The van der Waals surface area contributed by atoms with Crippen LogP contribution >= 0.6 is 0 Å². The van der Waals surface area contributed by atoms with Crippen LogP contribution in [-0.2, 0) is 25.8 Å². The molecular weight excluding hydrogens is 928 g/mol. The molecule has 7 aromatic carbocycles. The monoisotopic (exact) mass is 973 g/mol. The van der Waals surface area contributed by atoms with E-state index in [0.29, 0.717) is 0 Å². The Morgan fingerprint density at radius 2 is 1.16 bits per heavy atom. The van der Waals surface area contributed by atoms with Crippen molar-refractivity contribution in [2.24, 2.45) is 0 Å². The third-order valence-corrected chi connectivity index (χ3v) is 13.3. The topological polar surface area (TPSA) is 35.2 Å². The predicted octanol–water partition coefficient (Wildman–Crippen LogP) is 14.0. The average molecular weight is 974 g/mol. The fraction of sp³-hybridized carbons (Fsp3) is 0.127. The number of anilines is 2. The minimum absolute atomic E-state index is 0.768. The van der Waals surface area contributed by atoms with E-state index in [9.17, 15) is 0 Å². The molecule has 61 heavy (non-hydrogen) atoms. The molecule has 10 rings (SSSR count). The summed E-state index contributed by atoms with van der Waals surface area (Å²) in [4.78, 5) is 7.18. The number of hydrogen-bond acceptors (Lipinski definition) is 3. The van der Waals surface area contributed by atoms with Crippen LogP contribution in [0.15, 0.2) is 170 Å². The van der Waals surface area contributed by atoms with Crippen molar-refractivity contribution in [3.8, 4) is 56.3 Å². The van der Waals surface area contributed by atoms with Gasteiger partial charge >= 0.3 is 340 Å². The molecule has 9 aromatic rings. The first-order valence-corrected chi connectivity index (χ1v) is 22.1. The number of fused-ring (bicyclic) bond motifs is 2. The van der Waals surface area contributed by atoms with Crippen LogP contribution in [0.3, 0.4) is 0 Å². The molecule has 1 aliphatic rings. The van der Waals surface area contributed by atoms with Gasteiger partial charge in [0.15, 0.2) is 0 Å². The van der Waals surface area contributed by atoms with Crippen molar-refractivity contribution in [2.75, 3.05) is 11.4 Å². The Kier molecular flexibility index (Phi) is 10.2. The van der Waals surface area contributed by atoms with E-state index in [1.54, 1.807) is 0 Å². The Morgan fingerprint density at radius 3 is 1.80 bits per heavy atom. The molecule has 0 saturated heterocycles. The Hall–Kier alpha value is -6.55. The van der Waals surface area contributed by atoms with Gasteiger partial charge in [0, 0.05) is 6.20 Å². The van der Waals surface area contributed by atoms with E-state index < -0.39 is 0 Å². The van der Waals surface area contributed by atoms with Crippen LogP contribution in [0, 0.1) is 31.5 Å². The van der Waals surface area contributed by atoms with E-state index in [1.807, 2.05) is 6.20 Å². The van der Waals surface area contributed by atoms with E-state index in [-0.39, 0.29) is 0 Å². The Bertz CT molecular complexity index is 3080. The van der Waals surface area contributed by atoms with Gasteiger partial charge in [0.1, 0.15) is 0 Å². The number of benzene rings is 7. The summed E-state index contributed by atoms with van der Waals surface area (Å²) in [5, 5.41) is 0. The van der Waals surface area contributed by atoms with Gasteiger partial charge < -0.3 is 0 Å². The van der Waals surface area contributed by atoms with Crippen molar-refractivity contribution in [3.05, 3.63) is 202 Å². The van der Waals surface area contributed by atoms with Gasteiger partial charge in [-0.2, -0.15) is 0 Å². The fourth-order valence-electron chi connectivity index (χ4n) is 9.18. The molecule has 5 nitrogen and oxygen atoms in total. The Morgan fingerprint density at radius 1 is 0.557 bits per heavy atom. The van der Waals surface area contributed by atoms with Crippen LogP contribution < -0.4 is 9.64 Å². The second kappa shape index (κ2) is 16.1. The van der Waals surface area contributed by atoms with Gasteiger partial charge in [0.05, 0.1) is 0 Å². The number of nitrogens with zero attached hydrogens (tertiary/aromatic N) is 4. The SMILES string of the molecule is Cc1ccnc(N2CCCc3c(-c4ccccc4)cc(Oc4cccc(-n5[c](=[Pt])n(-c6c(-c7ccccc7)c(C)c(C)c(C)c6-c6ccccc6)c6ccccc65)c4)cc32)c1. The molecule has 0 aliphatic carbocycles. The normalized spacial score (nSPS) is 12.5. The molecule has 0 amide bonds. The zero-order valence-electron chi connectivity index (χ0n) is 34.8. The van der Waals surface area contributed by atoms with Crippen LogP contribution in [0.5, 0.6) is 11.5 Å². The van der Waals surface area contributed by atoms with Crippen molar-refractivity contribution >= 4 is 22.5 Å². The van der Waals surface area contributed by atoms with Gasteiger partial charge in [-0.1, -0.05) is 6.07 Å². The molecule has 0 radical (unpaired) electrons. The summed E-state index contributed by atoms with van der Waals surface area (Å²) >= 11 is 2.54. The summed E-state index contributed by atoms with van der Waals surface area (Å²) in [5.41, 5.74) is 19.2. The molecule has 0 spiro atoms. The van der Waals surface area contributed by atoms with Crippen molar-refractivity contribution in [1.29, 1.82) is 0 Å². The predicted molar refractivity (Wildman–Crippen MR) is 247 cm³/mol.